The Kier molecular flexibility index (Phi) is 5.23. The van der Waals surface area contributed by atoms with Crippen molar-refractivity contribution < 1.29 is 28.5 Å². The minimum Gasteiger partial charge on any atom is -0.388 e. The summed E-state index contributed by atoms with van der Waals surface area (Å²) in [4.78, 5) is 0. The number of hydrogen-bond acceptors (Lipinski definition) is 4. The highest BCUT2D eigenvalue weighted by Crippen LogP contribution is 2.07. The van der Waals surface area contributed by atoms with Gasteiger partial charge in [0.2, 0.25) is 0 Å². The summed E-state index contributed by atoms with van der Waals surface area (Å²) in [6, 6.07) is 0. The van der Waals surface area contributed by atoms with Crippen LogP contribution in [0.5, 0.6) is 0 Å². The number of aliphatic hydroxyl groups excluding tert-OH is 1. The molecule has 0 bridgehead atoms. The molecule has 0 heterocycles. The zero-order valence-electron chi connectivity index (χ0n) is 6.67. The lowest BCUT2D eigenvalue weighted by atomic mass is 10.4. The molecule has 0 aliphatic rings. The van der Waals surface area contributed by atoms with Crippen molar-refractivity contribution in [3.8, 4) is 0 Å². The fourth-order valence-electron chi connectivity index (χ4n) is 0.558. The van der Waals surface area contributed by atoms with E-state index in [1.165, 1.54) is 7.11 Å². The molecule has 0 aromatic carbocycles. The lowest BCUT2D eigenvalue weighted by molar-refractivity contribution is -0.234. The van der Waals surface area contributed by atoms with E-state index >= 15 is 0 Å². The Morgan fingerprint density at radius 2 is 2.00 bits per heavy atom. The average molecular weight is 186 g/mol. The molecule has 0 aliphatic heterocycles. The third-order valence-corrected chi connectivity index (χ3v) is 0.945. The fraction of sp³-hybridized carbons (Fsp3) is 1.00. The van der Waals surface area contributed by atoms with Gasteiger partial charge in [0.25, 0.3) is 0 Å². The van der Waals surface area contributed by atoms with E-state index in [0.29, 0.717) is 0 Å². The van der Waals surface area contributed by atoms with E-state index in [-0.39, 0.29) is 13.2 Å². The van der Waals surface area contributed by atoms with Gasteiger partial charge in [0.15, 0.2) is 0 Å². The number of halogens is 2. The van der Waals surface area contributed by atoms with E-state index in [0.717, 1.165) is 0 Å². The van der Waals surface area contributed by atoms with Crippen molar-refractivity contribution in [3.05, 3.63) is 0 Å². The van der Waals surface area contributed by atoms with Crippen molar-refractivity contribution >= 4 is 0 Å². The van der Waals surface area contributed by atoms with Gasteiger partial charge in [-0.1, -0.05) is 0 Å². The number of ether oxygens (including phenoxy) is 2. The molecule has 0 spiro atoms. The Hall–Kier alpha value is -0.300. The predicted octanol–water partition coefficient (Wildman–Crippen LogP) is -0.405. The molecule has 0 aliphatic carbocycles. The molecule has 0 radical (unpaired) electrons. The summed E-state index contributed by atoms with van der Waals surface area (Å²) in [5.41, 5.74) is 0. The highest BCUT2D eigenvalue weighted by Gasteiger charge is 2.24. The van der Waals surface area contributed by atoms with Gasteiger partial charge in [-0.2, -0.15) is 8.78 Å². The van der Waals surface area contributed by atoms with Gasteiger partial charge in [-0.15, -0.1) is 0 Å². The molecular formula is C6H12F2O4. The summed E-state index contributed by atoms with van der Waals surface area (Å²) in [5.74, 6) is 0. The molecule has 0 rings (SSSR count). The van der Waals surface area contributed by atoms with Crippen LogP contribution in [-0.2, 0) is 9.47 Å². The van der Waals surface area contributed by atoms with Gasteiger partial charge in [0.05, 0.1) is 13.2 Å². The summed E-state index contributed by atoms with van der Waals surface area (Å²) in [5, 5.41) is 16.8. The molecule has 4 nitrogen and oxygen atoms in total. The van der Waals surface area contributed by atoms with Crippen molar-refractivity contribution in [1.82, 2.24) is 0 Å². The normalized spacial score (nSPS) is 14.8. The van der Waals surface area contributed by atoms with Crippen LogP contribution >= 0.6 is 0 Å². The van der Waals surface area contributed by atoms with Crippen LogP contribution in [0, 0.1) is 0 Å². The number of hydrogen-bond donors (Lipinski definition) is 2. The maximum atomic E-state index is 11.7. The number of alkyl halides is 2. The van der Waals surface area contributed by atoms with Gasteiger partial charge in [0, 0.05) is 7.11 Å². The lowest BCUT2D eigenvalue weighted by Gasteiger charge is -2.12. The second-order valence-corrected chi connectivity index (χ2v) is 2.29. The number of rotatable bonds is 6. The molecule has 0 aromatic rings. The van der Waals surface area contributed by atoms with E-state index in [1.807, 2.05) is 0 Å². The van der Waals surface area contributed by atoms with Gasteiger partial charge >= 0.3 is 6.11 Å². The first-order chi connectivity index (χ1) is 5.45. The molecular weight excluding hydrogens is 174 g/mol. The van der Waals surface area contributed by atoms with Crippen LogP contribution in [0.3, 0.4) is 0 Å². The summed E-state index contributed by atoms with van der Waals surface area (Å²) in [7, 11) is 1.36. The molecule has 12 heavy (non-hydrogen) atoms. The Bertz CT molecular complexity index is 115. The molecule has 0 saturated heterocycles. The molecule has 6 heteroatoms. The van der Waals surface area contributed by atoms with E-state index in [2.05, 4.69) is 9.47 Å². The van der Waals surface area contributed by atoms with Crippen molar-refractivity contribution in [3.63, 3.8) is 0 Å². The highest BCUT2D eigenvalue weighted by molar-refractivity contribution is 4.52. The van der Waals surface area contributed by atoms with E-state index < -0.39 is 18.8 Å². The van der Waals surface area contributed by atoms with Crippen molar-refractivity contribution in [2.75, 3.05) is 26.9 Å². The van der Waals surface area contributed by atoms with Crippen LogP contribution < -0.4 is 0 Å². The number of aliphatic hydroxyl groups is 2. The van der Waals surface area contributed by atoms with Crippen LogP contribution in [0.25, 0.3) is 0 Å². The first kappa shape index (κ1) is 11.7. The van der Waals surface area contributed by atoms with Crippen LogP contribution in [0.2, 0.25) is 0 Å². The van der Waals surface area contributed by atoms with E-state index in [4.69, 9.17) is 10.2 Å². The molecule has 0 fully saturated rings. The maximum Gasteiger partial charge on any atom is 0.376 e. The summed E-state index contributed by atoms with van der Waals surface area (Å²) >= 11 is 0. The standard InChI is InChI=1S/C6H12F2O4/c1-11-2-5(9)3-12-4-6(7,8)10/h5,9-10H,2-4H2,1H3. The van der Waals surface area contributed by atoms with Crippen molar-refractivity contribution in [2.45, 2.75) is 12.2 Å². The van der Waals surface area contributed by atoms with Gasteiger partial charge in [-0.05, 0) is 0 Å². The van der Waals surface area contributed by atoms with Gasteiger partial charge < -0.3 is 19.7 Å². The van der Waals surface area contributed by atoms with Crippen LogP contribution in [0.1, 0.15) is 0 Å². The zero-order chi connectivity index (χ0) is 9.61. The summed E-state index contributed by atoms with van der Waals surface area (Å²) in [6.07, 6.45) is -4.79. The molecule has 0 saturated carbocycles. The Balaban J connectivity index is 3.31. The first-order valence-corrected chi connectivity index (χ1v) is 3.30. The molecule has 0 amide bonds. The second-order valence-electron chi connectivity index (χ2n) is 2.29. The molecule has 2 N–H and O–H groups in total. The van der Waals surface area contributed by atoms with Gasteiger partial charge in [-0.3, -0.25) is 0 Å². The van der Waals surface area contributed by atoms with Gasteiger partial charge in [-0.25, -0.2) is 0 Å². The molecule has 1 atom stereocenters. The summed E-state index contributed by atoms with van der Waals surface area (Å²) < 4.78 is 32.1. The SMILES string of the molecule is COCC(O)COCC(O)(F)F. The molecule has 0 aromatic heterocycles. The van der Waals surface area contributed by atoms with E-state index in [9.17, 15) is 8.78 Å². The maximum absolute atomic E-state index is 11.7. The minimum atomic E-state index is -3.84. The van der Waals surface area contributed by atoms with E-state index in [1.54, 1.807) is 0 Å². The third-order valence-electron chi connectivity index (χ3n) is 0.945. The van der Waals surface area contributed by atoms with Crippen LogP contribution in [-0.4, -0.2) is 49.4 Å². The predicted molar refractivity (Wildman–Crippen MR) is 35.9 cm³/mol. The molecule has 74 valence electrons. The summed E-state index contributed by atoms with van der Waals surface area (Å²) in [6.45, 7) is -1.39. The van der Waals surface area contributed by atoms with Crippen molar-refractivity contribution in [2.24, 2.45) is 0 Å². The quantitative estimate of drug-likeness (QED) is 0.592. The lowest BCUT2D eigenvalue weighted by Crippen LogP contribution is -2.27. The Labute approximate surface area is 68.7 Å². The van der Waals surface area contributed by atoms with Crippen molar-refractivity contribution in [1.29, 1.82) is 0 Å². The Morgan fingerprint density at radius 3 is 2.42 bits per heavy atom. The first-order valence-electron chi connectivity index (χ1n) is 3.30. The largest absolute Gasteiger partial charge is 0.388 e. The zero-order valence-corrected chi connectivity index (χ0v) is 6.67. The number of methoxy groups -OCH3 is 1. The Morgan fingerprint density at radius 1 is 1.42 bits per heavy atom. The topological polar surface area (TPSA) is 58.9 Å². The minimum absolute atomic E-state index is 0.0109. The van der Waals surface area contributed by atoms with Crippen LogP contribution in [0.4, 0.5) is 8.78 Å². The smallest absolute Gasteiger partial charge is 0.376 e. The average Bonchev–Trinajstić information content (AvgIpc) is 1.84. The fourth-order valence-corrected chi connectivity index (χ4v) is 0.558. The second kappa shape index (κ2) is 5.36. The van der Waals surface area contributed by atoms with Crippen LogP contribution in [0.15, 0.2) is 0 Å². The highest BCUT2D eigenvalue weighted by atomic mass is 19.3. The third kappa shape index (κ3) is 7.80. The van der Waals surface area contributed by atoms with Gasteiger partial charge in [0.1, 0.15) is 12.7 Å². The molecule has 1 unspecified atom stereocenters. The monoisotopic (exact) mass is 186 g/mol.